The second-order valence-corrected chi connectivity index (χ2v) is 11.6. The Bertz CT molecular complexity index is 1450. The summed E-state index contributed by atoms with van der Waals surface area (Å²) in [6.45, 7) is 4.92. The van der Waals surface area contributed by atoms with Gasteiger partial charge in [-0.05, 0) is 52.4 Å². The standard InChI is InChI=1S/C32H36ClN5O4/c1-21(2)27-16-25(33)12-11-24(27)18-36-19-29-37(28(31(36)41)15-22-9-13-26(39)14-10-22)30(40)20-35(3)38(29)32(42)34-17-23-7-5-4-6-8-23/h4-14,16,21,28-29,39H,15,17-20H2,1-3H3,(H,34,42)/t28-,29-/m0/s1. The number of nitrogens with one attached hydrogen (secondary N) is 1. The highest BCUT2D eigenvalue weighted by Gasteiger charge is 2.50. The molecule has 5 rings (SSSR count). The van der Waals surface area contributed by atoms with Gasteiger partial charge in [0.1, 0.15) is 18.0 Å². The molecule has 2 N–H and O–H groups in total. The van der Waals surface area contributed by atoms with Crippen LogP contribution in [0.15, 0.2) is 72.8 Å². The number of urea groups is 1. The third-order valence-corrected chi connectivity index (χ3v) is 8.13. The molecule has 9 nitrogen and oxygen atoms in total. The number of aromatic hydroxyl groups is 1. The van der Waals surface area contributed by atoms with E-state index in [1.54, 1.807) is 51.1 Å². The lowest BCUT2D eigenvalue weighted by Gasteiger charge is -2.54. The molecule has 3 aromatic rings. The van der Waals surface area contributed by atoms with E-state index in [1.807, 2.05) is 48.5 Å². The van der Waals surface area contributed by atoms with E-state index in [0.29, 0.717) is 18.1 Å². The summed E-state index contributed by atoms with van der Waals surface area (Å²) in [7, 11) is 1.71. The number of nitrogens with zero attached hydrogens (tertiary/aromatic N) is 4. The minimum absolute atomic E-state index is 0.0384. The summed E-state index contributed by atoms with van der Waals surface area (Å²) in [5.41, 5.74) is 3.76. The Morgan fingerprint density at radius 2 is 1.74 bits per heavy atom. The van der Waals surface area contributed by atoms with Gasteiger partial charge in [-0.2, -0.15) is 0 Å². The molecule has 0 bridgehead atoms. The van der Waals surface area contributed by atoms with Crippen molar-refractivity contribution >= 4 is 29.4 Å². The molecule has 2 saturated heterocycles. The first-order chi connectivity index (χ1) is 20.1. The monoisotopic (exact) mass is 589 g/mol. The number of likely N-dealkylation sites (N-methyl/N-ethyl adjacent to an activating group) is 1. The predicted octanol–water partition coefficient (Wildman–Crippen LogP) is 4.35. The van der Waals surface area contributed by atoms with Gasteiger partial charge < -0.3 is 20.2 Å². The largest absolute Gasteiger partial charge is 0.508 e. The molecule has 0 aliphatic carbocycles. The molecule has 220 valence electrons. The van der Waals surface area contributed by atoms with Crippen LogP contribution in [0.1, 0.15) is 42.0 Å². The summed E-state index contributed by atoms with van der Waals surface area (Å²) in [6, 6.07) is 20.7. The summed E-state index contributed by atoms with van der Waals surface area (Å²) in [5, 5.41) is 16.6. The van der Waals surface area contributed by atoms with Crippen LogP contribution in [0.2, 0.25) is 5.02 Å². The number of hydrazine groups is 1. The number of hydrogen-bond acceptors (Lipinski definition) is 5. The van der Waals surface area contributed by atoms with Gasteiger partial charge in [0, 0.05) is 31.6 Å². The van der Waals surface area contributed by atoms with Crippen LogP contribution in [-0.4, -0.2) is 75.1 Å². The molecule has 42 heavy (non-hydrogen) atoms. The summed E-state index contributed by atoms with van der Waals surface area (Å²) >= 11 is 6.31. The second-order valence-electron chi connectivity index (χ2n) is 11.2. The van der Waals surface area contributed by atoms with E-state index in [1.165, 1.54) is 0 Å². The second kappa shape index (κ2) is 12.4. The van der Waals surface area contributed by atoms with E-state index in [-0.39, 0.29) is 49.0 Å². The van der Waals surface area contributed by atoms with Crippen molar-refractivity contribution < 1.29 is 19.5 Å². The van der Waals surface area contributed by atoms with Gasteiger partial charge in [0.05, 0.1) is 13.1 Å². The van der Waals surface area contributed by atoms with Crippen LogP contribution in [0.5, 0.6) is 5.75 Å². The van der Waals surface area contributed by atoms with Gasteiger partial charge in [-0.1, -0.05) is 74.0 Å². The molecule has 10 heteroatoms. The zero-order chi connectivity index (χ0) is 30.0. The van der Waals surface area contributed by atoms with Gasteiger partial charge in [-0.3, -0.25) is 9.59 Å². The first kappa shape index (κ1) is 29.4. The Morgan fingerprint density at radius 3 is 2.43 bits per heavy atom. The first-order valence-corrected chi connectivity index (χ1v) is 14.5. The lowest BCUT2D eigenvalue weighted by atomic mass is 9.95. The number of hydrogen-bond donors (Lipinski definition) is 2. The Morgan fingerprint density at radius 1 is 1.02 bits per heavy atom. The predicted molar refractivity (Wildman–Crippen MR) is 160 cm³/mol. The molecular formula is C32H36ClN5O4. The number of carbonyl (C=O) groups excluding carboxylic acids is 3. The SMILES string of the molecule is CC(C)c1cc(Cl)ccc1CN1C[C@H]2N(C(=O)CN(C)N2C(=O)NCc2ccccc2)[C@@H](Cc2ccc(O)cc2)C1=O. The fraction of sp³-hybridized carbons (Fsp3) is 0.344. The van der Waals surface area contributed by atoms with Crippen LogP contribution in [0.3, 0.4) is 0 Å². The van der Waals surface area contributed by atoms with Gasteiger partial charge in [-0.15, -0.1) is 0 Å². The Hall–Kier alpha value is -4.08. The molecule has 2 atom stereocenters. The summed E-state index contributed by atoms with van der Waals surface area (Å²) < 4.78 is 0. The number of fused-ring (bicyclic) bond motifs is 1. The number of rotatable bonds is 7. The van der Waals surface area contributed by atoms with Gasteiger partial charge in [0.2, 0.25) is 11.8 Å². The minimum atomic E-state index is -0.825. The molecule has 0 aromatic heterocycles. The highest BCUT2D eigenvalue weighted by atomic mass is 35.5. The van der Waals surface area contributed by atoms with Gasteiger partial charge in [0.15, 0.2) is 0 Å². The lowest BCUT2D eigenvalue weighted by Crippen LogP contribution is -2.76. The number of piperazine rings is 1. The van der Waals surface area contributed by atoms with Crippen molar-refractivity contribution in [2.45, 2.75) is 51.5 Å². The van der Waals surface area contributed by atoms with Crippen molar-refractivity contribution in [1.29, 1.82) is 0 Å². The third-order valence-electron chi connectivity index (χ3n) is 7.89. The van der Waals surface area contributed by atoms with Crippen LogP contribution in [0.25, 0.3) is 0 Å². The molecule has 0 spiro atoms. The minimum Gasteiger partial charge on any atom is -0.508 e. The average molecular weight is 590 g/mol. The van der Waals surface area contributed by atoms with Crippen LogP contribution in [0.4, 0.5) is 4.79 Å². The molecule has 0 saturated carbocycles. The molecule has 2 heterocycles. The average Bonchev–Trinajstić information content (AvgIpc) is 2.96. The fourth-order valence-electron chi connectivity index (χ4n) is 5.81. The summed E-state index contributed by atoms with van der Waals surface area (Å²) in [6.07, 6.45) is -0.458. The highest BCUT2D eigenvalue weighted by molar-refractivity contribution is 6.30. The van der Waals surface area contributed by atoms with E-state index >= 15 is 0 Å². The third kappa shape index (κ3) is 6.22. The number of phenolic OH excluding ortho intramolecular Hbond substituents is 1. The Balaban J connectivity index is 1.49. The number of halogens is 1. The molecule has 0 radical (unpaired) electrons. The number of amides is 4. The smallest absolute Gasteiger partial charge is 0.334 e. The number of phenols is 1. The van der Waals surface area contributed by atoms with Crippen molar-refractivity contribution in [2.24, 2.45) is 0 Å². The number of carbonyl (C=O) groups is 3. The van der Waals surface area contributed by atoms with E-state index < -0.39 is 12.2 Å². The van der Waals surface area contributed by atoms with Crippen LogP contribution in [0, 0.1) is 0 Å². The molecule has 3 aromatic carbocycles. The van der Waals surface area contributed by atoms with Crippen molar-refractivity contribution in [1.82, 2.24) is 25.1 Å². The van der Waals surface area contributed by atoms with Crippen LogP contribution >= 0.6 is 11.6 Å². The van der Waals surface area contributed by atoms with Crippen molar-refractivity contribution in [3.05, 3.63) is 100 Å². The molecule has 2 aliphatic rings. The Kier molecular flexibility index (Phi) is 8.70. The van der Waals surface area contributed by atoms with E-state index in [0.717, 1.165) is 22.3 Å². The maximum Gasteiger partial charge on any atom is 0.334 e. The van der Waals surface area contributed by atoms with Crippen LogP contribution < -0.4 is 5.32 Å². The highest BCUT2D eigenvalue weighted by Crippen LogP contribution is 2.31. The molecule has 2 aliphatic heterocycles. The van der Waals surface area contributed by atoms with E-state index in [9.17, 15) is 19.5 Å². The van der Waals surface area contributed by atoms with Gasteiger partial charge in [0.25, 0.3) is 0 Å². The quantitative estimate of drug-likeness (QED) is 0.427. The van der Waals surface area contributed by atoms with Crippen LogP contribution in [-0.2, 0) is 29.1 Å². The molecule has 2 fully saturated rings. The first-order valence-electron chi connectivity index (χ1n) is 14.1. The maximum absolute atomic E-state index is 14.1. The molecule has 0 unspecified atom stereocenters. The normalized spacial score (nSPS) is 19.3. The zero-order valence-electron chi connectivity index (χ0n) is 24.0. The zero-order valence-corrected chi connectivity index (χ0v) is 24.8. The lowest BCUT2D eigenvalue weighted by molar-refractivity contribution is -0.187. The maximum atomic E-state index is 14.1. The number of benzene rings is 3. The topological polar surface area (TPSA) is 96.4 Å². The molecular weight excluding hydrogens is 554 g/mol. The van der Waals surface area contributed by atoms with Gasteiger partial charge >= 0.3 is 6.03 Å². The fourth-order valence-corrected chi connectivity index (χ4v) is 5.99. The van der Waals surface area contributed by atoms with E-state index in [4.69, 9.17) is 11.6 Å². The van der Waals surface area contributed by atoms with E-state index in [2.05, 4.69) is 19.2 Å². The van der Waals surface area contributed by atoms with Crippen molar-refractivity contribution in [2.75, 3.05) is 20.1 Å². The Labute approximate surface area is 251 Å². The van der Waals surface area contributed by atoms with Crippen molar-refractivity contribution in [3.8, 4) is 5.75 Å². The summed E-state index contributed by atoms with van der Waals surface area (Å²) in [5.74, 6) is -0.105. The summed E-state index contributed by atoms with van der Waals surface area (Å²) in [4.78, 5) is 44.6. The van der Waals surface area contributed by atoms with Crippen molar-refractivity contribution in [3.63, 3.8) is 0 Å². The molecule has 4 amide bonds. The van der Waals surface area contributed by atoms with Gasteiger partial charge in [-0.25, -0.2) is 14.8 Å².